The molecule has 5 atom stereocenters. The van der Waals surface area contributed by atoms with E-state index in [9.17, 15) is 9.59 Å². The van der Waals surface area contributed by atoms with Crippen molar-refractivity contribution < 1.29 is 28.5 Å². The number of ketones is 2. The molecule has 0 N–H and O–H groups in total. The summed E-state index contributed by atoms with van der Waals surface area (Å²) in [5, 5.41) is 0. The van der Waals surface area contributed by atoms with Crippen molar-refractivity contribution in [1.29, 1.82) is 0 Å². The van der Waals surface area contributed by atoms with Crippen LogP contribution in [0.3, 0.4) is 0 Å². The second kappa shape index (κ2) is 13.3. The van der Waals surface area contributed by atoms with Crippen LogP contribution in [0.15, 0.2) is 91.0 Å². The first-order valence-corrected chi connectivity index (χ1v) is 13.4. The first kappa shape index (κ1) is 28.8. The van der Waals surface area contributed by atoms with Gasteiger partial charge >= 0.3 is 0 Å². The fourth-order valence-corrected chi connectivity index (χ4v) is 5.18. The quantitative estimate of drug-likeness (QED) is 0.279. The molecule has 0 bridgehead atoms. The van der Waals surface area contributed by atoms with Crippen LogP contribution in [0.25, 0.3) is 0 Å². The zero-order valence-corrected chi connectivity index (χ0v) is 23.1. The number of carbonyl (C=O) groups is 2. The Hall–Kier alpha value is -3.16. The summed E-state index contributed by atoms with van der Waals surface area (Å²) in [5.41, 5.74) is 2.03. The smallest absolute Gasteiger partial charge is 0.142 e. The van der Waals surface area contributed by atoms with Crippen LogP contribution in [-0.4, -0.2) is 41.6 Å². The maximum Gasteiger partial charge on any atom is 0.142 e. The van der Waals surface area contributed by atoms with Crippen molar-refractivity contribution in [1.82, 2.24) is 0 Å². The van der Waals surface area contributed by atoms with Crippen LogP contribution in [0.4, 0.5) is 0 Å². The van der Waals surface area contributed by atoms with Crippen LogP contribution in [0.5, 0.6) is 0 Å². The van der Waals surface area contributed by atoms with Crippen molar-refractivity contribution in [3.05, 3.63) is 108 Å². The molecule has 3 aromatic rings. The first-order chi connectivity index (χ1) is 18.8. The molecular formula is C33H38O6. The number of benzene rings is 3. The largest absolute Gasteiger partial charge is 0.368 e. The van der Waals surface area contributed by atoms with E-state index >= 15 is 0 Å². The molecule has 1 fully saturated rings. The molecule has 0 radical (unpaired) electrons. The summed E-state index contributed by atoms with van der Waals surface area (Å²) in [7, 11) is 0. The Morgan fingerprint density at radius 2 is 1.18 bits per heavy atom. The van der Waals surface area contributed by atoms with Gasteiger partial charge in [0.15, 0.2) is 0 Å². The maximum absolute atomic E-state index is 12.7. The Morgan fingerprint density at radius 1 is 0.744 bits per heavy atom. The van der Waals surface area contributed by atoms with Crippen molar-refractivity contribution in [2.24, 2.45) is 5.92 Å². The third-order valence-electron chi connectivity index (χ3n) is 7.51. The zero-order chi connectivity index (χ0) is 27.8. The molecule has 5 unspecified atom stereocenters. The van der Waals surface area contributed by atoms with E-state index in [1.165, 1.54) is 13.8 Å². The highest BCUT2D eigenvalue weighted by atomic mass is 16.6. The molecule has 1 aliphatic heterocycles. The summed E-state index contributed by atoms with van der Waals surface area (Å²) in [6, 6.07) is 29.6. The average Bonchev–Trinajstić information content (AvgIpc) is 2.94. The second-order valence-electron chi connectivity index (χ2n) is 10.4. The van der Waals surface area contributed by atoms with Crippen LogP contribution in [0.2, 0.25) is 0 Å². The number of ether oxygens (including phenoxy) is 4. The maximum atomic E-state index is 12.7. The lowest BCUT2D eigenvalue weighted by atomic mass is 9.78. The molecule has 0 saturated carbocycles. The van der Waals surface area contributed by atoms with Gasteiger partial charge in [0.1, 0.15) is 41.4 Å². The number of hydrogen-bond donors (Lipinski definition) is 0. The Morgan fingerprint density at radius 3 is 1.64 bits per heavy atom. The molecular weight excluding hydrogens is 492 g/mol. The van der Waals surface area contributed by atoms with E-state index in [1.807, 2.05) is 105 Å². The summed E-state index contributed by atoms with van der Waals surface area (Å²) < 4.78 is 26.2. The topological polar surface area (TPSA) is 71.1 Å². The third kappa shape index (κ3) is 7.08. The van der Waals surface area contributed by atoms with E-state index in [0.29, 0.717) is 13.2 Å². The Balaban J connectivity index is 1.71. The van der Waals surface area contributed by atoms with Gasteiger partial charge in [0, 0.05) is 0 Å². The Bertz CT molecular complexity index is 1180. The van der Waals surface area contributed by atoms with Crippen molar-refractivity contribution in [3.63, 3.8) is 0 Å². The number of carbonyl (C=O) groups excluding carboxylic acids is 2. The lowest BCUT2D eigenvalue weighted by Gasteiger charge is -2.52. The standard InChI is InChI=1S/C33H38O6/c1-23(34)29(24(2)35)30-31(36-20-26-14-8-5-9-15-26)32(37-21-27-16-10-6-11-17-27)33(4,25(3)39-30)38-22-28-18-12-7-13-19-28/h5-19,25,29-32H,20-22H2,1-4H3. The third-order valence-corrected chi connectivity index (χ3v) is 7.51. The Labute approximate surface area is 231 Å². The van der Waals surface area contributed by atoms with Gasteiger partial charge < -0.3 is 18.9 Å². The highest BCUT2D eigenvalue weighted by molar-refractivity contribution is 6.01. The van der Waals surface area contributed by atoms with Crippen molar-refractivity contribution in [2.75, 3.05) is 0 Å². The van der Waals surface area contributed by atoms with E-state index in [4.69, 9.17) is 18.9 Å². The van der Waals surface area contributed by atoms with Gasteiger partial charge in [-0.3, -0.25) is 9.59 Å². The van der Waals surface area contributed by atoms with Crippen molar-refractivity contribution in [3.8, 4) is 0 Å². The summed E-state index contributed by atoms with van der Waals surface area (Å²) in [6.07, 6.45) is -2.71. The molecule has 39 heavy (non-hydrogen) atoms. The summed E-state index contributed by atoms with van der Waals surface area (Å²) in [4.78, 5) is 25.5. The van der Waals surface area contributed by atoms with Gasteiger partial charge in [0.25, 0.3) is 0 Å². The van der Waals surface area contributed by atoms with Crippen molar-refractivity contribution in [2.45, 2.75) is 77.5 Å². The van der Waals surface area contributed by atoms with Crippen LogP contribution in [0, 0.1) is 5.92 Å². The molecule has 6 nitrogen and oxygen atoms in total. The van der Waals surface area contributed by atoms with E-state index < -0.39 is 35.9 Å². The van der Waals surface area contributed by atoms with Gasteiger partial charge in [-0.15, -0.1) is 0 Å². The predicted molar refractivity (Wildman–Crippen MR) is 149 cm³/mol. The number of hydrogen-bond acceptors (Lipinski definition) is 6. The molecule has 0 amide bonds. The normalized spacial score (nSPS) is 24.9. The fraction of sp³-hybridized carbons (Fsp3) is 0.394. The minimum Gasteiger partial charge on any atom is -0.368 e. The molecule has 6 heteroatoms. The molecule has 1 saturated heterocycles. The highest BCUT2D eigenvalue weighted by Crippen LogP contribution is 2.40. The van der Waals surface area contributed by atoms with Crippen molar-refractivity contribution >= 4 is 11.6 Å². The van der Waals surface area contributed by atoms with Crippen LogP contribution in [-0.2, 0) is 48.4 Å². The molecule has 0 spiro atoms. The van der Waals surface area contributed by atoms with Crippen LogP contribution >= 0.6 is 0 Å². The lowest BCUT2D eigenvalue weighted by molar-refractivity contribution is -0.304. The molecule has 4 rings (SSSR count). The minimum atomic E-state index is -0.977. The van der Waals surface area contributed by atoms with Crippen LogP contribution < -0.4 is 0 Å². The molecule has 206 valence electrons. The van der Waals surface area contributed by atoms with Gasteiger partial charge in [-0.25, -0.2) is 0 Å². The Kier molecular flexibility index (Phi) is 9.81. The van der Waals surface area contributed by atoms with E-state index in [2.05, 4.69) is 0 Å². The number of Topliss-reactive ketones (excluding diaryl/α,β-unsaturated/α-hetero) is 2. The highest BCUT2D eigenvalue weighted by Gasteiger charge is 2.57. The minimum absolute atomic E-state index is 0.261. The summed E-state index contributed by atoms with van der Waals surface area (Å²) in [6.45, 7) is 7.63. The second-order valence-corrected chi connectivity index (χ2v) is 10.4. The van der Waals surface area contributed by atoms with Gasteiger partial charge in [0.2, 0.25) is 0 Å². The van der Waals surface area contributed by atoms with Gasteiger partial charge in [0.05, 0.1) is 25.9 Å². The lowest BCUT2D eigenvalue weighted by Crippen LogP contribution is -2.68. The van der Waals surface area contributed by atoms with E-state index in [0.717, 1.165) is 16.7 Å². The summed E-state index contributed by atoms with van der Waals surface area (Å²) in [5.74, 6) is -1.50. The molecule has 0 aromatic heterocycles. The molecule has 0 aliphatic carbocycles. The van der Waals surface area contributed by atoms with E-state index in [-0.39, 0.29) is 18.2 Å². The predicted octanol–water partition coefficient (Wildman–Crippen LogP) is 5.71. The van der Waals surface area contributed by atoms with Crippen LogP contribution in [0.1, 0.15) is 44.4 Å². The molecule has 3 aromatic carbocycles. The van der Waals surface area contributed by atoms with Gasteiger partial charge in [-0.05, 0) is 44.4 Å². The fourth-order valence-electron chi connectivity index (χ4n) is 5.18. The monoisotopic (exact) mass is 530 g/mol. The van der Waals surface area contributed by atoms with E-state index in [1.54, 1.807) is 0 Å². The van der Waals surface area contributed by atoms with Gasteiger partial charge in [-0.1, -0.05) is 91.0 Å². The zero-order valence-electron chi connectivity index (χ0n) is 23.1. The first-order valence-electron chi connectivity index (χ1n) is 13.4. The molecule has 1 aliphatic rings. The van der Waals surface area contributed by atoms with Gasteiger partial charge in [-0.2, -0.15) is 0 Å². The molecule has 1 heterocycles. The SMILES string of the molecule is CC(=O)C(C(C)=O)C1OC(C)C(C)(OCc2ccccc2)C(OCc2ccccc2)C1OCc1ccccc1. The summed E-state index contributed by atoms with van der Waals surface area (Å²) >= 11 is 0. The number of rotatable bonds is 12. The average molecular weight is 531 g/mol.